The molecular weight excluding hydrogens is 238 g/mol. The number of ketones is 1. The summed E-state index contributed by atoms with van der Waals surface area (Å²) < 4.78 is 4.62. The molecule has 6 nitrogen and oxygen atoms in total. The van der Waals surface area contributed by atoms with Gasteiger partial charge in [0.25, 0.3) is 0 Å². The van der Waals surface area contributed by atoms with Crippen molar-refractivity contribution in [3.63, 3.8) is 0 Å². The first-order valence-electron chi connectivity index (χ1n) is 5.80. The standard InChI is InChI=1S/C12H17NO5/c1-4-18-10(16)5-8(14)7-13-9(15)6-12(2,3)11(13)17/h4-7H2,1-3H3. The van der Waals surface area contributed by atoms with Crippen LogP contribution in [0, 0.1) is 5.41 Å². The molecule has 0 aromatic heterocycles. The Labute approximate surface area is 105 Å². The van der Waals surface area contributed by atoms with Gasteiger partial charge in [-0.1, -0.05) is 13.8 Å². The van der Waals surface area contributed by atoms with Crippen LogP contribution in [0.2, 0.25) is 0 Å². The van der Waals surface area contributed by atoms with Crippen LogP contribution >= 0.6 is 0 Å². The van der Waals surface area contributed by atoms with Crippen LogP contribution in [0.5, 0.6) is 0 Å². The maximum absolute atomic E-state index is 11.8. The Morgan fingerprint density at radius 1 is 1.33 bits per heavy atom. The van der Waals surface area contributed by atoms with Crippen molar-refractivity contribution >= 4 is 23.6 Å². The maximum Gasteiger partial charge on any atom is 0.313 e. The summed E-state index contributed by atoms with van der Waals surface area (Å²) in [4.78, 5) is 46.9. The van der Waals surface area contributed by atoms with Gasteiger partial charge in [-0.15, -0.1) is 0 Å². The molecule has 0 N–H and O–H groups in total. The topological polar surface area (TPSA) is 80.8 Å². The molecule has 1 saturated heterocycles. The maximum atomic E-state index is 11.8. The van der Waals surface area contributed by atoms with Gasteiger partial charge in [-0.05, 0) is 6.92 Å². The lowest BCUT2D eigenvalue weighted by Gasteiger charge is -2.16. The van der Waals surface area contributed by atoms with Gasteiger partial charge < -0.3 is 4.74 Å². The monoisotopic (exact) mass is 255 g/mol. The summed E-state index contributed by atoms with van der Waals surface area (Å²) in [5.41, 5.74) is -0.763. The molecule has 0 aromatic rings. The zero-order chi connectivity index (χ0) is 13.9. The molecule has 0 aliphatic carbocycles. The average molecular weight is 255 g/mol. The van der Waals surface area contributed by atoms with Crippen LogP contribution < -0.4 is 0 Å². The van der Waals surface area contributed by atoms with Crippen molar-refractivity contribution in [1.29, 1.82) is 0 Å². The Morgan fingerprint density at radius 2 is 1.94 bits per heavy atom. The van der Waals surface area contributed by atoms with Crippen molar-refractivity contribution in [3.8, 4) is 0 Å². The van der Waals surface area contributed by atoms with Crippen LogP contribution in [-0.2, 0) is 23.9 Å². The molecule has 1 rings (SSSR count). The summed E-state index contributed by atoms with van der Waals surface area (Å²) in [5, 5.41) is 0. The summed E-state index contributed by atoms with van der Waals surface area (Å²) in [6, 6.07) is 0. The average Bonchev–Trinajstić information content (AvgIpc) is 2.41. The molecule has 0 radical (unpaired) electrons. The second-order valence-corrected chi connectivity index (χ2v) is 4.87. The molecule has 1 fully saturated rings. The summed E-state index contributed by atoms with van der Waals surface area (Å²) in [5.74, 6) is -1.87. The number of carbonyl (C=O) groups excluding carboxylic acids is 4. The number of amides is 2. The Balaban J connectivity index is 2.58. The van der Waals surface area contributed by atoms with Crippen LogP contribution in [0.1, 0.15) is 33.6 Å². The summed E-state index contributed by atoms with van der Waals surface area (Å²) >= 11 is 0. The molecule has 6 heteroatoms. The van der Waals surface area contributed by atoms with Gasteiger partial charge in [0.2, 0.25) is 11.8 Å². The summed E-state index contributed by atoms with van der Waals surface area (Å²) in [6.45, 7) is 4.80. The van der Waals surface area contributed by atoms with Crippen molar-refractivity contribution < 1.29 is 23.9 Å². The van der Waals surface area contributed by atoms with E-state index in [2.05, 4.69) is 4.74 Å². The van der Waals surface area contributed by atoms with Gasteiger partial charge >= 0.3 is 5.97 Å². The molecule has 100 valence electrons. The number of likely N-dealkylation sites (tertiary alicyclic amines) is 1. The Hall–Kier alpha value is -1.72. The van der Waals surface area contributed by atoms with Gasteiger partial charge in [0.05, 0.1) is 18.6 Å². The van der Waals surface area contributed by atoms with E-state index >= 15 is 0 Å². The molecule has 0 aromatic carbocycles. The fourth-order valence-corrected chi connectivity index (χ4v) is 1.79. The van der Waals surface area contributed by atoms with Crippen LogP contribution in [0.25, 0.3) is 0 Å². The smallest absolute Gasteiger partial charge is 0.313 e. The molecule has 0 saturated carbocycles. The lowest BCUT2D eigenvalue weighted by atomic mass is 9.92. The van der Waals surface area contributed by atoms with E-state index in [0.717, 1.165) is 4.90 Å². The second kappa shape index (κ2) is 5.29. The van der Waals surface area contributed by atoms with Crippen molar-refractivity contribution in [2.24, 2.45) is 5.41 Å². The number of ether oxygens (including phenoxy) is 1. The van der Waals surface area contributed by atoms with E-state index in [1.807, 2.05) is 0 Å². The van der Waals surface area contributed by atoms with Crippen LogP contribution in [0.3, 0.4) is 0 Å². The number of Topliss-reactive ketones (excluding diaryl/α,β-unsaturated/α-hetero) is 1. The summed E-state index contributed by atoms with van der Waals surface area (Å²) in [7, 11) is 0. The lowest BCUT2D eigenvalue weighted by Crippen LogP contribution is -2.37. The minimum Gasteiger partial charge on any atom is -0.466 e. The Morgan fingerprint density at radius 3 is 2.39 bits per heavy atom. The fraction of sp³-hybridized carbons (Fsp3) is 0.667. The molecule has 1 heterocycles. The molecule has 1 aliphatic heterocycles. The number of nitrogens with zero attached hydrogens (tertiary/aromatic N) is 1. The third-order valence-electron chi connectivity index (χ3n) is 2.70. The van der Waals surface area contributed by atoms with Crippen LogP contribution in [0.4, 0.5) is 0 Å². The minimum atomic E-state index is -0.763. The molecule has 0 atom stereocenters. The zero-order valence-corrected chi connectivity index (χ0v) is 10.8. The molecule has 0 bridgehead atoms. The predicted octanol–water partition coefficient (Wildman–Crippen LogP) is 0.294. The third-order valence-corrected chi connectivity index (χ3v) is 2.70. The highest BCUT2D eigenvalue weighted by atomic mass is 16.5. The number of esters is 1. The van der Waals surface area contributed by atoms with Crippen molar-refractivity contribution in [3.05, 3.63) is 0 Å². The van der Waals surface area contributed by atoms with Crippen LogP contribution in [-0.4, -0.2) is 41.6 Å². The molecule has 1 aliphatic rings. The third kappa shape index (κ3) is 3.15. The SMILES string of the molecule is CCOC(=O)CC(=O)CN1C(=O)CC(C)(C)C1=O. The van der Waals surface area contributed by atoms with E-state index < -0.39 is 23.6 Å². The van der Waals surface area contributed by atoms with Gasteiger partial charge in [0.15, 0.2) is 5.78 Å². The predicted molar refractivity (Wildman–Crippen MR) is 61.4 cm³/mol. The highest BCUT2D eigenvalue weighted by Gasteiger charge is 2.45. The first-order chi connectivity index (χ1) is 8.27. The molecule has 0 unspecified atom stereocenters. The first-order valence-corrected chi connectivity index (χ1v) is 5.80. The van der Waals surface area contributed by atoms with Gasteiger partial charge in [-0.2, -0.15) is 0 Å². The van der Waals surface area contributed by atoms with Gasteiger partial charge in [0, 0.05) is 6.42 Å². The van der Waals surface area contributed by atoms with Gasteiger partial charge in [-0.25, -0.2) is 0 Å². The van der Waals surface area contributed by atoms with Crippen molar-refractivity contribution in [1.82, 2.24) is 4.90 Å². The minimum absolute atomic E-state index is 0.0958. The first kappa shape index (κ1) is 14.3. The second-order valence-electron chi connectivity index (χ2n) is 4.87. The van der Waals surface area contributed by atoms with E-state index in [4.69, 9.17) is 0 Å². The number of hydrogen-bond acceptors (Lipinski definition) is 5. The highest BCUT2D eigenvalue weighted by molar-refractivity contribution is 6.09. The highest BCUT2D eigenvalue weighted by Crippen LogP contribution is 2.31. The Bertz CT molecular complexity index is 399. The lowest BCUT2D eigenvalue weighted by molar-refractivity contribution is -0.149. The van der Waals surface area contributed by atoms with Crippen molar-refractivity contribution in [2.45, 2.75) is 33.6 Å². The van der Waals surface area contributed by atoms with E-state index in [1.54, 1.807) is 20.8 Å². The zero-order valence-electron chi connectivity index (χ0n) is 10.8. The van der Waals surface area contributed by atoms with E-state index in [-0.39, 0.29) is 31.4 Å². The largest absolute Gasteiger partial charge is 0.466 e. The number of hydrogen-bond donors (Lipinski definition) is 0. The van der Waals surface area contributed by atoms with Gasteiger partial charge in [0.1, 0.15) is 6.42 Å². The molecule has 2 amide bonds. The normalized spacial score (nSPS) is 18.1. The van der Waals surface area contributed by atoms with Crippen molar-refractivity contribution in [2.75, 3.05) is 13.2 Å². The molecule has 0 spiro atoms. The summed E-state index contributed by atoms with van der Waals surface area (Å²) in [6.07, 6.45) is -0.316. The molecular formula is C12H17NO5. The van der Waals surface area contributed by atoms with E-state index in [1.165, 1.54) is 0 Å². The fourth-order valence-electron chi connectivity index (χ4n) is 1.79. The number of imide groups is 1. The van der Waals surface area contributed by atoms with Crippen LogP contribution in [0.15, 0.2) is 0 Å². The number of rotatable bonds is 5. The quantitative estimate of drug-likeness (QED) is 0.401. The van der Waals surface area contributed by atoms with Gasteiger partial charge in [-0.3, -0.25) is 24.1 Å². The number of carbonyl (C=O) groups is 4. The van der Waals surface area contributed by atoms with E-state index in [0.29, 0.717) is 0 Å². The Kier molecular flexibility index (Phi) is 4.21. The van der Waals surface area contributed by atoms with E-state index in [9.17, 15) is 19.2 Å². The molecule has 18 heavy (non-hydrogen) atoms.